The molecule has 0 spiro atoms. The molecule has 0 aliphatic carbocycles. The van der Waals surface area contributed by atoms with Crippen molar-refractivity contribution in [2.24, 2.45) is 5.41 Å². The van der Waals surface area contributed by atoms with Crippen molar-refractivity contribution in [3.8, 4) is 0 Å². The summed E-state index contributed by atoms with van der Waals surface area (Å²) in [5.74, 6) is -0.0661. The number of ether oxygens (including phenoxy) is 2. The van der Waals surface area contributed by atoms with Crippen LogP contribution in [-0.4, -0.2) is 25.2 Å². The van der Waals surface area contributed by atoms with Gasteiger partial charge in [-0.3, -0.25) is 9.59 Å². The minimum atomic E-state index is -0.377. The third-order valence-electron chi connectivity index (χ3n) is 6.73. The SMILES string of the molecule is CCCCCCCCOC(=O)CCCCCCCCCC(C)(C)C(=O)OCCCCCCCC. The van der Waals surface area contributed by atoms with Gasteiger partial charge in [0.2, 0.25) is 0 Å². The van der Waals surface area contributed by atoms with E-state index in [9.17, 15) is 9.59 Å². The summed E-state index contributed by atoms with van der Waals surface area (Å²) in [6.07, 6.45) is 23.9. The summed E-state index contributed by atoms with van der Waals surface area (Å²) >= 11 is 0. The minimum Gasteiger partial charge on any atom is -0.466 e. The molecule has 4 heteroatoms. The average molecular weight is 483 g/mol. The first kappa shape index (κ1) is 32.9. The Morgan fingerprint density at radius 2 is 0.941 bits per heavy atom. The molecule has 0 heterocycles. The molecule has 0 bridgehead atoms. The molecule has 0 aromatic rings. The summed E-state index contributed by atoms with van der Waals surface area (Å²) in [5.41, 5.74) is -0.377. The van der Waals surface area contributed by atoms with Crippen LogP contribution in [-0.2, 0) is 19.1 Å². The van der Waals surface area contributed by atoms with Crippen molar-refractivity contribution in [3.05, 3.63) is 0 Å². The first-order valence-electron chi connectivity index (χ1n) is 14.8. The minimum absolute atomic E-state index is 0.0285. The second-order valence-corrected chi connectivity index (χ2v) is 10.8. The second-order valence-electron chi connectivity index (χ2n) is 10.8. The second kappa shape index (κ2) is 23.7. The van der Waals surface area contributed by atoms with E-state index in [0.29, 0.717) is 19.6 Å². The Bertz CT molecular complexity index is 472. The fourth-order valence-electron chi connectivity index (χ4n) is 4.21. The molecule has 0 fully saturated rings. The quantitative estimate of drug-likeness (QED) is 0.0960. The molecule has 0 aromatic carbocycles. The van der Waals surface area contributed by atoms with E-state index in [1.165, 1.54) is 77.0 Å². The van der Waals surface area contributed by atoms with Crippen molar-refractivity contribution in [1.29, 1.82) is 0 Å². The van der Waals surface area contributed by atoms with Crippen LogP contribution in [0, 0.1) is 5.41 Å². The Morgan fingerprint density at radius 1 is 0.529 bits per heavy atom. The van der Waals surface area contributed by atoms with Crippen LogP contribution in [0.1, 0.15) is 163 Å². The first-order chi connectivity index (χ1) is 16.4. The predicted octanol–water partition coefficient (Wildman–Crippen LogP) is 9.33. The highest BCUT2D eigenvalue weighted by molar-refractivity contribution is 5.75. The van der Waals surface area contributed by atoms with Crippen LogP contribution in [0.5, 0.6) is 0 Å². The lowest BCUT2D eigenvalue weighted by Gasteiger charge is -2.22. The molecule has 202 valence electrons. The van der Waals surface area contributed by atoms with Gasteiger partial charge in [-0.1, -0.05) is 117 Å². The van der Waals surface area contributed by atoms with E-state index in [2.05, 4.69) is 13.8 Å². The van der Waals surface area contributed by atoms with Crippen molar-refractivity contribution < 1.29 is 19.1 Å². The van der Waals surface area contributed by atoms with E-state index >= 15 is 0 Å². The van der Waals surface area contributed by atoms with Gasteiger partial charge in [0.05, 0.1) is 18.6 Å². The normalized spacial score (nSPS) is 11.5. The lowest BCUT2D eigenvalue weighted by molar-refractivity contribution is -0.154. The number of esters is 2. The van der Waals surface area contributed by atoms with Gasteiger partial charge in [0.15, 0.2) is 0 Å². The Labute approximate surface area is 212 Å². The molecule has 0 rings (SSSR count). The van der Waals surface area contributed by atoms with Gasteiger partial charge in [0.1, 0.15) is 0 Å². The predicted molar refractivity (Wildman–Crippen MR) is 144 cm³/mol. The lowest BCUT2D eigenvalue weighted by atomic mass is 9.87. The number of carbonyl (C=O) groups is 2. The molecule has 34 heavy (non-hydrogen) atoms. The van der Waals surface area contributed by atoms with E-state index in [1.807, 2.05) is 13.8 Å². The van der Waals surface area contributed by atoms with E-state index in [4.69, 9.17) is 9.47 Å². The Morgan fingerprint density at radius 3 is 1.47 bits per heavy atom. The highest BCUT2D eigenvalue weighted by Crippen LogP contribution is 2.26. The van der Waals surface area contributed by atoms with Crippen molar-refractivity contribution in [1.82, 2.24) is 0 Å². The summed E-state index contributed by atoms with van der Waals surface area (Å²) in [6, 6.07) is 0. The zero-order valence-electron chi connectivity index (χ0n) is 23.4. The average Bonchev–Trinajstić information content (AvgIpc) is 2.81. The third-order valence-corrected chi connectivity index (χ3v) is 6.73. The summed E-state index contributed by atoms with van der Waals surface area (Å²) < 4.78 is 10.9. The first-order valence-corrected chi connectivity index (χ1v) is 14.8. The molecule has 4 nitrogen and oxygen atoms in total. The molecule has 0 N–H and O–H groups in total. The van der Waals surface area contributed by atoms with Gasteiger partial charge in [-0.2, -0.15) is 0 Å². The van der Waals surface area contributed by atoms with E-state index < -0.39 is 0 Å². The van der Waals surface area contributed by atoms with Crippen molar-refractivity contribution >= 4 is 11.9 Å². The fraction of sp³-hybridized carbons (Fsp3) is 0.933. The van der Waals surface area contributed by atoms with Gasteiger partial charge < -0.3 is 9.47 Å². The molecule has 0 atom stereocenters. The molecule has 0 unspecified atom stereocenters. The molecule has 0 aliphatic rings. The number of unbranched alkanes of at least 4 members (excludes halogenated alkanes) is 16. The zero-order chi connectivity index (χ0) is 25.3. The van der Waals surface area contributed by atoms with Crippen LogP contribution >= 0.6 is 0 Å². The van der Waals surface area contributed by atoms with Crippen LogP contribution in [0.25, 0.3) is 0 Å². The van der Waals surface area contributed by atoms with E-state index in [-0.39, 0.29) is 17.4 Å². The monoisotopic (exact) mass is 482 g/mol. The largest absolute Gasteiger partial charge is 0.466 e. The number of hydrogen-bond donors (Lipinski definition) is 0. The lowest BCUT2D eigenvalue weighted by Crippen LogP contribution is -2.27. The van der Waals surface area contributed by atoms with Crippen LogP contribution in [0.3, 0.4) is 0 Å². The van der Waals surface area contributed by atoms with E-state index in [1.54, 1.807) is 0 Å². The standard InChI is InChI=1S/C30H58O4/c1-5-7-9-11-18-22-26-33-28(31)24-20-16-14-13-15-17-21-25-30(3,4)29(32)34-27-23-19-12-10-8-6-2/h5-27H2,1-4H3. The van der Waals surface area contributed by atoms with Gasteiger partial charge in [-0.25, -0.2) is 0 Å². The van der Waals surface area contributed by atoms with E-state index in [0.717, 1.165) is 51.4 Å². The van der Waals surface area contributed by atoms with Crippen LogP contribution in [0.2, 0.25) is 0 Å². The number of rotatable bonds is 25. The molecule has 0 saturated carbocycles. The Kier molecular flexibility index (Phi) is 22.9. The smallest absolute Gasteiger partial charge is 0.311 e. The van der Waals surface area contributed by atoms with Crippen molar-refractivity contribution in [2.75, 3.05) is 13.2 Å². The molecular formula is C30H58O4. The molecule has 0 aliphatic heterocycles. The van der Waals surface area contributed by atoms with Crippen molar-refractivity contribution in [2.45, 2.75) is 163 Å². The maximum absolute atomic E-state index is 12.4. The van der Waals surface area contributed by atoms with Gasteiger partial charge in [-0.15, -0.1) is 0 Å². The molecular weight excluding hydrogens is 424 g/mol. The highest BCUT2D eigenvalue weighted by Gasteiger charge is 2.28. The van der Waals surface area contributed by atoms with Gasteiger partial charge >= 0.3 is 11.9 Å². The van der Waals surface area contributed by atoms with Crippen LogP contribution in [0.4, 0.5) is 0 Å². The number of carbonyl (C=O) groups excluding carboxylic acids is 2. The highest BCUT2D eigenvalue weighted by atomic mass is 16.5. The third kappa shape index (κ3) is 21.5. The Balaban J connectivity index is 3.51. The van der Waals surface area contributed by atoms with Gasteiger partial charge in [0.25, 0.3) is 0 Å². The summed E-state index contributed by atoms with van der Waals surface area (Å²) in [5, 5.41) is 0. The number of hydrogen-bond acceptors (Lipinski definition) is 4. The van der Waals surface area contributed by atoms with Crippen LogP contribution < -0.4 is 0 Å². The van der Waals surface area contributed by atoms with Gasteiger partial charge in [0, 0.05) is 6.42 Å². The zero-order valence-corrected chi connectivity index (χ0v) is 23.4. The molecule has 0 aromatic heterocycles. The summed E-state index contributed by atoms with van der Waals surface area (Å²) in [6.45, 7) is 9.64. The summed E-state index contributed by atoms with van der Waals surface area (Å²) in [7, 11) is 0. The summed E-state index contributed by atoms with van der Waals surface area (Å²) in [4.78, 5) is 24.1. The Hall–Kier alpha value is -1.06. The topological polar surface area (TPSA) is 52.6 Å². The van der Waals surface area contributed by atoms with Crippen molar-refractivity contribution in [3.63, 3.8) is 0 Å². The molecule has 0 radical (unpaired) electrons. The molecule has 0 saturated heterocycles. The van der Waals surface area contributed by atoms with Crippen LogP contribution in [0.15, 0.2) is 0 Å². The molecule has 0 amide bonds. The maximum atomic E-state index is 12.4. The fourth-order valence-corrected chi connectivity index (χ4v) is 4.21. The maximum Gasteiger partial charge on any atom is 0.311 e. The van der Waals surface area contributed by atoms with Gasteiger partial charge in [-0.05, 0) is 39.5 Å².